The van der Waals surface area contributed by atoms with Gasteiger partial charge in [0.2, 0.25) is 5.78 Å². The van der Waals surface area contributed by atoms with Crippen LogP contribution in [0.15, 0.2) is 34.8 Å². The maximum Gasteiger partial charge on any atom is 0.221 e. The van der Waals surface area contributed by atoms with E-state index in [-0.39, 0.29) is 28.1 Å². The van der Waals surface area contributed by atoms with E-state index in [4.69, 9.17) is 20.8 Å². The number of methoxy groups -OCH3 is 1. The highest BCUT2D eigenvalue weighted by molar-refractivity contribution is 6.32. The molecule has 1 N–H and O–H groups in total. The van der Waals surface area contributed by atoms with Gasteiger partial charge in [0.1, 0.15) is 5.76 Å². The van der Waals surface area contributed by atoms with E-state index >= 15 is 0 Å². The fourth-order valence-electron chi connectivity index (χ4n) is 1.67. The van der Waals surface area contributed by atoms with Gasteiger partial charge >= 0.3 is 0 Å². The third-order valence-corrected chi connectivity index (χ3v) is 2.97. The van der Waals surface area contributed by atoms with Gasteiger partial charge in [-0.1, -0.05) is 17.7 Å². The minimum Gasteiger partial charge on any atom is -0.503 e. The second-order valence-electron chi connectivity index (χ2n) is 4.16. The molecule has 104 valence electrons. The van der Waals surface area contributed by atoms with Crippen LogP contribution < -0.4 is 4.74 Å². The third kappa shape index (κ3) is 3.03. The molecule has 1 aromatic carbocycles. The summed E-state index contributed by atoms with van der Waals surface area (Å²) >= 11 is 5.87. The summed E-state index contributed by atoms with van der Waals surface area (Å²) in [6, 6.07) is 6.46. The quantitative estimate of drug-likeness (QED) is 0.687. The zero-order valence-electron chi connectivity index (χ0n) is 11.0. The summed E-state index contributed by atoms with van der Waals surface area (Å²) < 4.78 is 10.2. The number of halogens is 1. The van der Waals surface area contributed by atoms with E-state index in [1.807, 2.05) is 0 Å². The highest BCUT2D eigenvalue weighted by atomic mass is 35.5. The van der Waals surface area contributed by atoms with Gasteiger partial charge < -0.3 is 14.3 Å². The molecule has 0 fully saturated rings. The minimum absolute atomic E-state index is 0.126. The van der Waals surface area contributed by atoms with Gasteiger partial charge in [0.25, 0.3) is 0 Å². The van der Waals surface area contributed by atoms with E-state index in [0.717, 1.165) is 0 Å². The molecule has 4 nitrogen and oxygen atoms in total. The van der Waals surface area contributed by atoms with Crippen molar-refractivity contribution >= 4 is 23.5 Å². The molecule has 1 heterocycles. The Hall–Kier alpha value is -2.20. The Morgan fingerprint density at radius 1 is 1.40 bits per heavy atom. The SMILES string of the molecule is COc1cc(C=CC(=O)c2ccc(C)o2)cc(Cl)c1O. The molecule has 0 atom stereocenters. The number of hydrogen-bond acceptors (Lipinski definition) is 4. The summed E-state index contributed by atoms with van der Waals surface area (Å²) in [5.74, 6) is 0.825. The van der Waals surface area contributed by atoms with Crippen molar-refractivity contribution in [1.29, 1.82) is 0 Å². The topological polar surface area (TPSA) is 59.7 Å². The molecule has 5 heteroatoms. The van der Waals surface area contributed by atoms with Crippen molar-refractivity contribution in [3.63, 3.8) is 0 Å². The summed E-state index contributed by atoms with van der Waals surface area (Å²) in [7, 11) is 1.43. The first-order chi connectivity index (χ1) is 9.51. The molecule has 0 spiro atoms. The van der Waals surface area contributed by atoms with Gasteiger partial charge in [-0.2, -0.15) is 0 Å². The van der Waals surface area contributed by atoms with Crippen LogP contribution in [0.2, 0.25) is 5.02 Å². The molecule has 0 saturated carbocycles. The van der Waals surface area contributed by atoms with E-state index in [0.29, 0.717) is 11.3 Å². The van der Waals surface area contributed by atoms with Crippen molar-refractivity contribution < 1.29 is 19.1 Å². The largest absolute Gasteiger partial charge is 0.503 e. The van der Waals surface area contributed by atoms with Gasteiger partial charge in [0, 0.05) is 0 Å². The first-order valence-corrected chi connectivity index (χ1v) is 6.24. The van der Waals surface area contributed by atoms with E-state index < -0.39 is 0 Å². The number of rotatable bonds is 4. The minimum atomic E-state index is -0.249. The molecular formula is C15H13ClO4. The number of phenols is 1. The van der Waals surface area contributed by atoms with Crippen molar-refractivity contribution in [3.8, 4) is 11.5 Å². The Bertz CT molecular complexity index is 671. The lowest BCUT2D eigenvalue weighted by atomic mass is 10.1. The number of furan rings is 1. The van der Waals surface area contributed by atoms with Crippen LogP contribution in [0.4, 0.5) is 0 Å². The number of ketones is 1. The van der Waals surface area contributed by atoms with Gasteiger partial charge in [-0.15, -0.1) is 0 Å². The maximum absolute atomic E-state index is 11.8. The van der Waals surface area contributed by atoms with Gasteiger partial charge in [-0.3, -0.25) is 4.79 Å². The van der Waals surface area contributed by atoms with Gasteiger partial charge in [0.05, 0.1) is 12.1 Å². The highest BCUT2D eigenvalue weighted by Crippen LogP contribution is 2.35. The summed E-state index contributed by atoms with van der Waals surface area (Å²) in [6.07, 6.45) is 2.95. The lowest BCUT2D eigenvalue weighted by Gasteiger charge is -2.06. The lowest BCUT2D eigenvalue weighted by Crippen LogP contribution is -1.91. The van der Waals surface area contributed by atoms with Crippen LogP contribution in [0.5, 0.6) is 11.5 Å². The predicted molar refractivity (Wildman–Crippen MR) is 76.5 cm³/mol. The average molecular weight is 293 g/mol. The molecule has 0 saturated heterocycles. The van der Waals surface area contributed by atoms with Crippen molar-refractivity contribution in [2.45, 2.75) is 6.92 Å². The van der Waals surface area contributed by atoms with Crippen LogP contribution >= 0.6 is 11.6 Å². The van der Waals surface area contributed by atoms with E-state index in [2.05, 4.69) is 0 Å². The van der Waals surface area contributed by atoms with E-state index in [1.54, 1.807) is 31.2 Å². The van der Waals surface area contributed by atoms with E-state index in [9.17, 15) is 9.90 Å². The summed E-state index contributed by atoms with van der Waals surface area (Å²) in [5.41, 5.74) is 0.640. The average Bonchev–Trinajstić information content (AvgIpc) is 2.86. The first-order valence-electron chi connectivity index (χ1n) is 5.86. The Morgan fingerprint density at radius 3 is 2.75 bits per heavy atom. The van der Waals surface area contributed by atoms with Crippen LogP contribution in [0.3, 0.4) is 0 Å². The van der Waals surface area contributed by atoms with Gasteiger partial charge in [-0.05, 0) is 42.8 Å². The Kier molecular flexibility index (Phi) is 4.15. The zero-order valence-corrected chi connectivity index (χ0v) is 11.8. The predicted octanol–water partition coefficient (Wildman–Crippen LogP) is 3.85. The molecule has 20 heavy (non-hydrogen) atoms. The maximum atomic E-state index is 11.8. The number of ether oxygens (including phenoxy) is 1. The first kappa shape index (κ1) is 14.2. The molecule has 1 aromatic heterocycles. The van der Waals surface area contributed by atoms with Crippen LogP contribution in [0, 0.1) is 6.92 Å². The number of aromatic hydroxyl groups is 1. The molecule has 0 bridgehead atoms. The number of carbonyl (C=O) groups is 1. The molecule has 2 rings (SSSR count). The van der Waals surface area contributed by atoms with Crippen molar-refractivity contribution in [1.82, 2.24) is 0 Å². The normalized spacial score (nSPS) is 10.9. The monoisotopic (exact) mass is 292 g/mol. The summed E-state index contributed by atoms with van der Waals surface area (Å²) in [4.78, 5) is 11.8. The second kappa shape index (κ2) is 5.84. The third-order valence-electron chi connectivity index (χ3n) is 2.68. The smallest absolute Gasteiger partial charge is 0.221 e. The molecule has 0 aliphatic rings. The standard InChI is InChI=1S/C15H13ClO4/c1-9-3-6-13(20-9)12(17)5-4-10-7-11(16)15(18)14(8-10)19-2/h3-8,18H,1-2H3. The Morgan fingerprint density at radius 2 is 2.15 bits per heavy atom. The van der Waals surface area contributed by atoms with Crippen molar-refractivity contribution in [3.05, 3.63) is 52.4 Å². The van der Waals surface area contributed by atoms with Crippen LogP contribution in [0.1, 0.15) is 21.9 Å². The Balaban J connectivity index is 2.23. The van der Waals surface area contributed by atoms with Crippen LogP contribution in [-0.4, -0.2) is 18.0 Å². The molecule has 0 amide bonds. The summed E-state index contributed by atoms with van der Waals surface area (Å²) in [5, 5.41) is 9.77. The number of benzene rings is 1. The van der Waals surface area contributed by atoms with Crippen LogP contribution in [0.25, 0.3) is 6.08 Å². The number of aryl methyl sites for hydroxylation is 1. The van der Waals surface area contributed by atoms with Crippen molar-refractivity contribution in [2.75, 3.05) is 7.11 Å². The molecule has 0 aliphatic carbocycles. The van der Waals surface area contributed by atoms with E-state index in [1.165, 1.54) is 19.3 Å². The molecule has 0 aliphatic heterocycles. The van der Waals surface area contributed by atoms with Gasteiger partial charge in [0.15, 0.2) is 17.3 Å². The molecule has 0 radical (unpaired) electrons. The second-order valence-corrected chi connectivity index (χ2v) is 4.57. The van der Waals surface area contributed by atoms with Gasteiger partial charge in [-0.25, -0.2) is 0 Å². The molecular weight excluding hydrogens is 280 g/mol. The van der Waals surface area contributed by atoms with Crippen molar-refractivity contribution in [2.24, 2.45) is 0 Å². The summed E-state index contributed by atoms with van der Waals surface area (Å²) in [6.45, 7) is 1.77. The highest BCUT2D eigenvalue weighted by Gasteiger charge is 2.09. The fraction of sp³-hybridized carbons (Fsp3) is 0.133. The zero-order chi connectivity index (χ0) is 14.7. The number of carbonyl (C=O) groups excluding carboxylic acids is 1. The number of phenolic OH excluding ortho intramolecular Hbond substituents is 1. The molecule has 0 unspecified atom stereocenters. The number of hydrogen-bond donors (Lipinski definition) is 1. The Labute approximate surface area is 121 Å². The molecule has 2 aromatic rings. The fourth-order valence-corrected chi connectivity index (χ4v) is 1.89. The number of allylic oxidation sites excluding steroid dienone is 1. The lowest BCUT2D eigenvalue weighted by molar-refractivity contribution is 0.102. The van der Waals surface area contributed by atoms with Crippen LogP contribution in [-0.2, 0) is 0 Å².